The molecule has 1 saturated heterocycles. The Morgan fingerprint density at radius 2 is 2.04 bits per heavy atom. The van der Waals surface area contributed by atoms with Gasteiger partial charge < -0.3 is 14.6 Å². The van der Waals surface area contributed by atoms with Gasteiger partial charge in [-0.1, -0.05) is 18.2 Å². The van der Waals surface area contributed by atoms with Gasteiger partial charge in [-0.15, -0.1) is 11.8 Å². The normalized spacial score (nSPS) is 19.3. The molecule has 138 valence electrons. The van der Waals surface area contributed by atoms with Crippen molar-refractivity contribution in [2.75, 3.05) is 12.9 Å². The molecular formula is C20H23NO4S. The van der Waals surface area contributed by atoms with Crippen molar-refractivity contribution in [3.8, 4) is 11.5 Å². The van der Waals surface area contributed by atoms with E-state index in [2.05, 4.69) is 11.4 Å². The predicted molar refractivity (Wildman–Crippen MR) is 103 cm³/mol. The van der Waals surface area contributed by atoms with Gasteiger partial charge in [0.05, 0.1) is 12.5 Å². The Morgan fingerprint density at radius 3 is 2.73 bits per heavy atom. The van der Waals surface area contributed by atoms with Gasteiger partial charge in [0.1, 0.15) is 24.1 Å². The van der Waals surface area contributed by atoms with Crippen LogP contribution in [0.5, 0.6) is 11.5 Å². The Bertz CT molecular complexity index is 808. The van der Waals surface area contributed by atoms with Crippen LogP contribution in [0.3, 0.4) is 0 Å². The maximum absolute atomic E-state index is 11.1. The number of aliphatic carboxylic acids is 1. The molecule has 3 rings (SSSR count). The molecule has 1 fully saturated rings. The van der Waals surface area contributed by atoms with Crippen molar-refractivity contribution < 1.29 is 19.4 Å². The molecule has 2 aromatic rings. The summed E-state index contributed by atoms with van der Waals surface area (Å²) >= 11 is 1.60. The summed E-state index contributed by atoms with van der Waals surface area (Å²) in [6, 6.07) is 11.5. The Kier molecular flexibility index (Phi) is 5.74. The van der Waals surface area contributed by atoms with E-state index in [4.69, 9.17) is 14.6 Å². The third kappa shape index (κ3) is 4.14. The van der Waals surface area contributed by atoms with E-state index in [1.807, 2.05) is 44.2 Å². The number of thioether (sulfide) groups is 1. The molecule has 26 heavy (non-hydrogen) atoms. The summed E-state index contributed by atoms with van der Waals surface area (Å²) in [5, 5.41) is 12.3. The van der Waals surface area contributed by atoms with E-state index in [9.17, 15) is 4.79 Å². The highest BCUT2D eigenvalue weighted by atomic mass is 32.2. The average Bonchev–Trinajstić information content (AvgIpc) is 3.12. The molecule has 1 aliphatic heterocycles. The quantitative estimate of drug-likeness (QED) is 0.805. The summed E-state index contributed by atoms with van der Waals surface area (Å²) in [7, 11) is 1.64. The van der Waals surface area contributed by atoms with Crippen LogP contribution in [0.4, 0.5) is 0 Å². The molecule has 1 heterocycles. The standard InChI is InChI=1S/C20H23NO4S/c1-12-4-5-13(2)18(8-12)25-10-15-9-14(6-7-17(15)24-3)19-21-16(11-26-19)20(22)23/h4-9,16,19,21H,10-11H2,1-3H3,(H,22,23). The Balaban J connectivity index is 1.78. The summed E-state index contributed by atoms with van der Waals surface area (Å²) in [4.78, 5) is 11.1. The van der Waals surface area contributed by atoms with Crippen molar-refractivity contribution in [1.29, 1.82) is 0 Å². The second kappa shape index (κ2) is 8.01. The molecular weight excluding hydrogens is 350 g/mol. The van der Waals surface area contributed by atoms with Gasteiger partial charge in [0.15, 0.2) is 0 Å². The molecule has 0 saturated carbocycles. The van der Waals surface area contributed by atoms with Crippen molar-refractivity contribution in [3.05, 3.63) is 58.7 Å². The number of hydrogen-bond donors (Lipinski definition) is 2. The molecule has 0 spiro atoms. The molecule has 5 nitrogen and oxygen atoms in total. The molecule has 2 unspecified atom stereocenters. The monoisotopic (exact) mass is 373 g/mol. The van der Waals surface area contributed by atoms with Gasteiger partial charge in [-0.25, -0.2) is 0 Å². The molecule has 0 radical (unpaired) electrons. The molecule has 1 aliphatic rings. The zero-order valence-corrected chi connectivity index (χ0v) is 15.9. The number of methoxy groups -OCH3 is 1. The first kappa shape index (κ1) is 18.6. The van der Waals surface area contributed by atoms with Crippen molar-refractivity contribution in [1.82, 2.24) is 5.32 Å². The molecule has 2 aromatic carbocycles. The lowest BCUT2D eigenvalue weighted by molar-refractivity contribution is -0.138. The number of benzene rings is 2. The summed E-state index contributed by atoms with van der Waals surface area (Å²) in [5.74, 6) is 1.36. The number of carboxylic acids is 1. The Hall–Kier alpha value is -2.18. The zero-order valence-electron chi connectivity index (χ0n) is 15.1. The topological polar surface area (TPSA) is 67.8 Å². The van der Waals surface area contributed by atoms with Crippen LogP contribution in [-0.4, -0.2) is 30.0 Å². The van der Waals surface area contributed by atoms with Gasteiger partial charge in [-0.05, 0) is 48.7 Å². The van der Waals surface area contributed by atoms with Crippen LogP contribution in [0.15, 0.2) is 36.4 Å². The highest BCUT2D eigenvalue weighted by Gasteiger charge is 2.30. The summed E-state index contributed by atoms with van der Waals surface area (Å²) in [6.07, 6.45) is 0. The Labute approximate surface area is 157 Å². The second-order valence-corrected chi connectivity index (χ2v) is 7.54. The van der Waals surface area contributed by atoms with Crippen LogP contribution >= 0.6 is 11.8 Å². The van der Waals surface area contributed by atoms with E-state index in [0.717, 1.165) is 33.8 Å². The molecule has 0 aromatic heterocycles. The third-order valence-corrected chi connectivity index (χ3v) is 5.68. The largest absolute Gasteiger partial charge is 0.496 e. The second-order valence-electron chi connectivity index (χ2n) is 6.40. The molecule has 6 heteroatoms. The van der Waals surface area contributed by atoms with Crippen LogP contribution < -0.4 is 14.8 Å². The number of nitrogens with one attached hydrogen (secondary N) is 1. The first-order valence-electron chi connectivity index (χ1n) is 8.45. The van der Waals surface area contributed by atoms with Gasteiger partial charge in [0, 0.05) is 11.3 Å². The van der Waals surface area contributed by atoms with E-state index in [1.54, 1.807) is 18.9 Å². The number of aryl methyl sites for hydroxylation is 2. The van der Waals surface area contributed by atoms with Crippen LogP contribution in [0.25, 0.3) is 0 Å². The number of carboxylic acid groups (broad SMARTS) is 1. The smallest absolute Gasteiger partial charge is 0.321 e. The van der Waals surface area contributed by atoms with Crippen molar-refractivity contribution in [2.45, 2.75) is 31.9 Å². The maximum atomic E-state index is 11.1. The highest BCUT2D eigenvalue weighted by Crippen LogP contribution is 2.35. The van der Waals surface area contributed by atoms with E-state index in [-0.39, 0.29) is 5.37 Å². The SMILES string of the molecule is COc1ccc(C2NC(C(=O)O)CS2)cc1COc1cc(C)ccc1C. The summed E-state index contributed by atoms with van der Waals surface area (Å²) in [6.45, 7) is 4.45. The summed E-state index contributed by atoms with van der Waals surface area (Å²) < 4.78 is 11.5. The van der Waals surface area contributed by atoms with Crippen molar-refractivity contribution >= 4 is 17.7 Å². The molecule has 2 N–H and O–H groups in total. The van der Waals surface area contributed by atoms with Gasteiger partial charge in [-0.2, -0.15) is 0 Å². The molecule has 0 aliphatic carbocycles. The number of ether oxygens (including phenoxy) is 2. The van der Waals surface area contributed by atoms with E-state index < -0.39 is 12.0 Å². The van der Waals surface area contributed by atoms with Crippen LogP contribution in [-0.2, 0) is 11.4 Å². The minimum Gasteiger partial charge on any atom is -0.496 e. The molecule has 0 amide bonds. The van der Waals surface area contributed by atoms with E-state index in [1.165, 1.54) is 0 Å². The Morgan fingerprint density at radius 1 is 1.23 bits per heavy atom. The lowest BCUT2D eigenvalue weighted by Gasteiger charge is -2.16. The first-order chi connectivity index (χ1) is 12.5. The van der Waals surface area contributed by atoms with Crippen LogP contribution in [0.1, 0.15) is 27.6 Å². The lowest BCUT2D eigenvalue weighted by atomic mass is 10.1. The van der Waals surface area contributed by atoms with Gasteiger partial charge >= 0.3 is 5.97 Å². The predicted octanol–water partition coefficient (Wildman–Crippen LogP) is 3.68. The zero-order chi connectivity index (χ0) is 18.7. The summed E-state index contributed by atoms with van der Waals surface area (Å²) in [5.41, 5.74) is 4.20. The van der Waals surface area contributed by atoms with Gasteiger partial charge in [0.25, 0.3) is 0 Å². The van der Waals surface area contributed by atoms with E-state index in [0.29, 0.717) is 12.4 Å². The van der Waals surface area contributed by atoms with Crippen LogP contribution in [0.2, 0.25) is 0 Å². The van der Waals surface area contributed by atoms with Gasteiger partial charge in [0.2, 0.25) is 0 Å². The molecule has 0 bridgehead atoms. The fourth-order valence-corrected chi connectivity index (χ4v) is 4.12. The fraction of sp³-hybridized carbons (Fsp3) is 0.350. The van der Waals surface area contributed by atoms with Gasteiger partial charge in [-0.3, -0.25) is 10.1 Å². The average molecular weight is 373 g/mol. The minimum atomic E-state index is -0.813. The number of carbonyl (C=O) groups is 1. The number of rotatable bonds is 6. The van der Waals surface area contributed by atoms with Crippen LogP contribution in [0, 0.1) is 13.8 Å². The van der Waals surface area contributed by atoms with E-state index >= 15 is 0 Å². The highest BCUT2D eigenvalue weighted by molar-refractivity contribution is 7.99. The van der Waals surface area contributed by atoms with Crippen molar-refractivity contribution in [2.24, 2.45) is 0 Å². The maximum Gasteiger partial charge on any atom is 0.321 e. The van der Waals surface area contributed by atoms with Crippen molar-refractivity contribution in [3.63, 3.8) is 0 Å². The molecule has 2 atom stereocenters. The lowest BCUT2D eigenvalue weighted by Crippen LogP contribution is -2.33. The fourth-order valence-electron chi connectivity index (χ4n) is 2.90. The minimum absolute atomic E-state index is 0.0403. The third-order valence-electron chi connectivity index (χ3n) is 4.41. The first-order valence-corrected chi connectivity index (χ1v) is 9.50. The number of hydrogen-bond acceptors (Lipinski definition) is 5.